The monoisotopic (exact) mass is 305 g/mol. The largest absolute Gasteiger partial charge is 0.504 e. The molecule has 2 rings (SSSR count). The van der Waals surface area contributed by atoms with Crippen molar-refractivity contribution in [3.8, 4) is 11.5 Å². The predicted molar refractivity (Wildman–Crippen MR) is 84.0 cm³/mol. The lowest BCUT2D eigenvalue weighted by Gasteiger charge is -2.25. The smallest absolute Gasteiger partial charge is 0.176 e. The fourth-order valence-corrected chi connectivity index (χ4v) is 2.73. The van der Waals surface area contributed by atoms with Crippen molar-refractivity contribution < 1.29 is 15.0 Å². The van der Waals surface area contributed by atoms with Crippen molar-refractivity contribution in [2.24, 2.45) is 0 Å². The second kappa shape index (κ2) is 6.74. The van der Waals surface area contributed by atoms with Crippen molar-refractivity contribution in [2.45, 2.75) is 26.4 Å². The number of phenolic OH excluding ortho intramolecular Hbond substituents is 2. The molecule has 0 radical (unpaired) electrons. The maximum atomic E-state index is 12.3. The predicted octanol–water partition coefficient (Wildman–Crippen LogP) is 3.25. The lowest BCUT2D eigenvalue weighted by Crippen LogP contribution is -2.35. The molecule has 0 fully saturated rings. The average Bonchev–Trinajstić information content (AvgIpc) is 2.93. The Kier molecular flexibility index (Phi) is 4.98. The van der Waals surface area contributed by atoms with E-state index in [4.69, 9.17) is 0 Å². The van der Waals surface area contributed by atoms with E-state index in [1.54, 1.807) is 11.3 Å². The van der Waals surface area contributed by atoms with E-state index in [1.165, 1.54) is 23.1 Å². The Balaban J connectivity index is 2.09. The molecule has 0 unspecified atom stereocenters. The van der Waals surface area contributed by atoms with Gasteiger partial charge in [-0.3, -0.25) is 9.69 Å². The summed E-state index contributed by atoms with van der Waals surface area (Å²) in [7, 11) is 0. The zero-order valence-electron chi connectivity index (χ0n) is 12.1. The van der Waals surface area contributed by atoms with E-state index in [0.717, 1.165) is 6.54 Å². The molecule has 1 heterocycles. The third kappa shape index (κ3) is 4.06. The minimum absolute atomic E-state index is 0.0736. The molecule has 0 spiro atoms. The molecule has 2 aromatic rings. The van der Waals surface area contributed by atoms with Crippen LogP contribution in [0.4, 0.5) is 0 Å². The Morgan fingerprint density at radius 3 is 2.57 bits per heavy atom. The maximum Gasteiger partial charge on any atom is 0.176 e. The van der Waals surface area contributed by atoms with Crippen LogP contribution < -0.4 is 0 Å². The lowest BCUT2D eigenvalue weighted by molar-refractivity contribution is 0.0899. The van der Waals surface area contributed by atoms with Gasteiger partial charge in [-0.15, -0.1) is 11.3 Å². The van der Waals surface area contributed by atoms with Crippen LogP contribution in [0.25, 0.3) is 0 Å². The number of nitrogens with zero attached hydrogens (tertiary/aromatic N) is 1. The van der Waals surface area contributed by atoms with E-state index < -0.39 is 0 Å². The number of ketones is 1. The minimum Gasteiger partial charge on any atom is -0.504 e. The molecular weight excluding hydrogens is 286 g/mol. The molecule has 1 aromatic carbocycles. The highest BCUT2D eigenvalue weighted by Crippen LogP contribution is 2.25. The first-order chi connectivity index (χ1) is 9.97. The Bertz CT molecular complexity index is 608. The lowest BCUT2D eigenvalue weighted by atomic mass is 10.1. The molecule has 0 aliphatic carbocycles. The number of hydrogen-bond acceptors (Lipinski definition) is 5. The van der Waals surface area contributed by atoms with E-state index >= 15 is 0 Å². The van der Waals surface area contributed by atoms with Gasteiger partial charge in [-0.25, -0.2) is 0 Å². The summed E-state index contributed by atoms with van der Waals surface area (Å²) in [6.07, 6.45) is 0. The van der Waals surface area contributed by atoms with E-state index in [1.807, 2.05) is 11.4 Å². The summed E-state index contributed by atoms with van der Waals surface area (Å²) < 4.78 is 0. The summed E-state index contributed by atoms with van der Waals surface area (Å²) >= 11 is 1.67. The number of aromatic hydroxyl groups is 2. The van der Waals surface area contributed by atoms with E-state index in [0.29, 0.717) is 5.56 Å². The van der Waals surface area contributed by atoms with Crippen molar-refractivity contribution in [1.29, 1.82) is 0 Å². The summed E-state index contributed by atoms with van der Waals surface area (Å²) in [4.78, 5) is 15.6. The van der Waals surface area contributed by atoms with Crippen molar-refractivity contribution in [2.75, 3.05) is 6.54 Å². The number of Topliss-reactive ketones (excluding diaryl/α,β-unsaturated/α-hetero) is 1. The first kappa shape index (κ1) is 15.5. The zero-order chi connectivity index (χ0) is 15.4. The highest BCUT2D eigenvalue weighted by Gasteiger charge is 2.17. The quantitative estimate of drug-likeness (QED) is 0.635. The summed E-state index contributed by atoms with van der Waals surface area (Å²) in [5.74, 6) is -0.559. The van der Waals surface area contributed by atoms with Gasteiger partial charge in [-0.05, 0) is 43.5 Å². The van der Waals surface area contributed by atoms with Crippen LogP contribution in [0.2, 0.25) is 0 Å². The molecule has 112 valence electrons. The number of rotatable bonds is 6. The molecule has 0 aliphatic heterocycles. The van der Waals surface area contributed by atoms with E-state index in [2.05, 4.69) is 24.8 Å². The normalized spacial score (nSPS) is 11.2. The third-order valence-electron chi connectivity index (χ3n) is 3.31. The standard InChI is InChI=1S/C16H19NO3S/c1-11(2)17(9-13-4-3-7-21-13)10-16(20)12-5-6-14(18)15(19)8-12/h3-8,11,18-19H,9-10H2,1-2H3. The van der Waals surface area contributed by atoms with Gasteiger partial charge < -0.3 is 10.2 Å². The fourth-order valence-electron chi connectivity index (χ4n) is 2.00. The summed E-state index contributed by atoms with van der Waals surface area (Å²) in [5, 5.41) is 20.8. The maximum absolute atomic E-state index is 12.3. The van der Waals surface area contributed by atoms with Gasteiger partial charge in [0.05, 0.1) is 6.54 Å². The van der Waals surface area contributed by atoms with Gasteiger partial charge in [-0.2, -0.15) is 0 Å². The Labute approximate surface area is 128 Å². The number of phenols is 2. The van der Waals surface area contributed by atoms with Gasteiger partial charge in [0.1, 0.15) is 0 Å². The van der Waals surface area contributed by atoms with Gasteiger partial charge in [-0.1, -0.05) is 6.07 Å². The molecule has 0 saturated heterocycles. The van der Waals surface area contributed by atoms with Crippen LogP contribution in [0.5, 0.6) is 11.5 Å². The molecule has 4 nitrogen and oxygen atoms in total. The van der Waals surface area contributed by atoms with Crippen LogP contribution in [-0.2, 0) is 6.54 Å². The van der Waals surface area contributed by atoms with Gasteiger partial charge in [0, 0.05) is 23.0 Å². The molecule has 0 aliphatic rings. The topological polar surface area (TPSA) is 60.8 Å². The van der Waals surface area contributed by atoms with Gasteiger partial charge in [0.15, 0.2) is 17.3 Å². The molecule has 0 amide bonds. The molecule has 0 saturated carbocycles. The number of thiophene rings is 1. The Morgan fingerprint density at radius 1 is 1.24 bits per heavy atom. The molecule has 0 atom stereocenters. The van der Waals surface area contributed by atoms with Crippen molar-refractivity contribution in [1.82, 2.24) is 4.90 Å². The number of carbonyl (C=O) groups excluding carboxylic acids is 1. The molecular formula is C16H19NO3S. The van der Waals surface area contributed by atoms with Crippen LogP contribution in [0, 0.1) is 0 Å². The molecule has 1 aromatic heterocycles. The minimum atomic E-state index is -0.268. The molecule has 2 N–H and O–H groups in total. The Hall–Kier alpha value is -1.85. The number of benzene rings is 1. The Morgan fingerprint density at radius 2 is 2.00 bits per heavy atom. The fraction of sp³-hybridized carbons (Fsp3) is 0.312. The molecule has 5 heteroatoms. The highest BCUT2D eigenvalue weighted by molar-refractivity contribution is 7.09. The van der Waals surface area contributed by atoms with Gasteiger partial charge in [0.25, 0.3) is 0 Å². The first-order valence-corrected chi connectivity index (χ1v) is 7.67. The van der Waals surface area contributed by atoms with Crippen LogP contribution in [0.1, 0.15) is 29.1 Å². The first-order valence-electron chi connectivity index (χ1n) is 6.79. The van der Waals surface area contributed by atoms with Crippen LogP contribution in [-0.4, -0.2) is 33.5 Å². The molecule has 21 heavy (non-hydrogen) atoms. The average molecular weight is 305 g/mol. The zero-order valence-corrected chi connectivity index (χ0v) is 12.9. The second-order valence-electron chi connectivity index (χ2n) is 5.20. The van der Waals surface area contributed by atoms with Crippen molar-refractivity contribution in [3.05, 3.63) is 46.2 Å². The summed E-state index contributed by atoms with van der Waals surface area (Å²) in [6.45, 7) is 5.11. The SMILES string of the molecule is CC(C)N(CC(=O)c1ccc(O)c(O)c1)Cc1cccs1. The van der Waals surface area contributed by atoms with Gasteiger partial charge in [0.2, 0.25) is 0 Å². The van der Waals surface area contributed by atoms with E-state index in [-0.39, 0.29) is 29.9 Å². The second-order valence-corrected chi connectivity index (χ2v) is 6.24. The van der Waals surface area contributed by atoms with E-state index in [9.17, 15) is 15.0 Å². The van der Waals surface area contributed by atoms with Crippen molar-refractivity contribution in [3.63, 3.8) is 0 Å². The highest BCUT2D eigenvalue weighted by atomic mass is 32.1. The summed E-state index contributed by atoms with van der Waals surface area (Å²) in [5.41, 5.74) is 0.405. The van der Waals surface area contributed by atoms with Crippen molar-refractivity contribution >= 4 is 17.1 Å². The van der Waals surface area contributed by atoms with Crippen LogP contribution >= 0.6 is 11.3 Å². The molecule has 0 bridgehead atoms. The van der Waals surface area contributed by atoms with Crippen LogP contribution in [0.3, 0.4) is 0 Å². The summed E-state index contributed by atoms with van der Waals surface area (Å²) in [6, 6.07) is 8.46. The number of hydrogen-bond donors (Lipinski definition) is 2. The number of carbonyl (C=O) groups is 1. The van der Waals surface area contributed by atoms with Gasteiger partial charge >= 0.3 is 0 Å². The third-order valence-corrected chi connectivity index (χ3v) is 4.17. The van der Waals surface area contributed by atoms with Crippen LogP contribution in [0.15, 0.2) is 35.7 Å².